The van der Waals surface area contributed by atoms with Crippen LogP contribution in [-0.2, 0) is 46.2 Å². The molecule has 4 aromatic rings. The Kier molecular flexibility index (Phi) is 18.5. The van der Waals surface area contributed by atoms with Crippen LogP contribution in [0.3, 0.4) is 0 Å². The van der Waals surface area contributed by atoms with Gasteiger partial charge in [-0.25, -0.2) is 16.8 Å². The van der Waals surface area contributed by atoms with Gasteiger partial charge in [-0.15, -0.1) is 0 Å². The molecular weight excluding hydrogens is 801 g/mol. The van der Waals surface area contributed by atoms with E-state index in [9.17, 15) is 16.8 Å². The topological polar surface area (TPSA) is 127 Å². The average molecular weight is 865 g/mol. The normalized spacial score (nSPS) is 18.8. The molecule has 60 heavy (non-hydrogen) atoms. The van der Waals surface area contributed by atoms with Gasteiger partial charge >= 0.3 is 0 Å². The van der Waals surface area contributed by atoms with E-state index in [2.05, 4.69) is 44.5 Å². The van der Waals surface area contributed by atoms with Crippen LogP contribution >= 0.6 is 0 Å². The van der Waals surface area contributed by atoms with Crippen LogP contribution in [0, 0.1) is 0 Å². The van der Waals surface area contributed by atoms with Crippen molar-refractivity contribution in [1.29, 1.82) is 0 Å². The molecule has 1 N–H and O–H groups in total. The maximum atomic E-state index is 13.3. The van der Waals surface area contributed by atoms with Crippen LogP contribution in [0.4, 0.5) is 0 Å². The molecule has 0 aromatic heterocycles. The minimum absolute atomic E-state index is 0.119. The third-order valence-electron chi connectivity index (χ3n) is 10.7. The Labute approximate surface area is 359 Å². The lowest BCUT2D eigenvalue weighted by molar-refractivity contribution is 0.0449. The van der Waals surface area contributed by atoms with Crippen LogP contribution < -0.4 is 24.3 Å². The van der Waals surface area contributed by atoms with E-state index in [-0.39, 0.29) is 18.8 Å². The van der Waals surface area contributed by atoms with Crippen LogP contribution in [0.25, 0.3) is 0 Å². The zero-order valence-corrected chi connectivity index (χ0v) is 38.0. The Morgan fingerprint density at radius 1 is 0.567 bits per heavy atom. The van der Waals surface area contributed by atoms with E-state index in [1.807, 2.05) is 72.8 Å². The highest BCUT2D eigenvalue weighted by atomic mass is 32.2. The predicted octanol–water partition coefficient (Wildman–Crippen LogP) is 7.45. The molecule has 4 unspecified atom stereocenters. The number of benzene rings is 4. The van der Waals surface area contributed by atoms with Crippen molar-refractivity contribution in [1.82, 2.24) is 18.8 Å². The molecule has 6 rings (SSSR count). The lowest BCUT2D eigenvalue weighted by Crippen LogP contribution is -2.54. The van der Waals surface area contributed by atoms with Gasteiger partial charge in [0.05, 0.1) is 34.2 Å². The Morgan fingerprint density at radius 3 is 1.10 bits per heavy atom. The summed E-state index contributed by atoms with van der Waals surface area (Å²) < 4.78 is 74.8. The van der Waals surface area contributed by atoms with Crippen molar-refractivity contribution in [3.63, 3.8) is 0 Å². The first-order valence-electron chi connectivity index (χ1n) is 20.2. The van der Waals surface area contributed by atoms with Gasteiger partial charge in [-0.1, -0.05) is 55.1 Å². The summed E-state index contributed by atoms with van der Waals surface area (Å²) in [6, 6.07) is 32.2. The monoisotopic (exact) mass is 864 g/mol. The number of hydrogen-bond acceptors (Lipinski definition) is 10. The van der Waals surface area contributed by atoms with Gasteiger partial charge in [0.1, 0.15) is 23.0 Å². The summed E-state index contributed by atoms with van der Waals surface area (Å²) in [7, 11) is -0.575. The fourth-order valence-electron chi connectivity index (χ4n) is 7.18. The maximum Gasteiger partial charge on any atom is 0.236 e. The van der Waals surface area contributed by atoms with Gasteiger partial charge in [-0.05, 0) is 111 Å². The SMILES string of the molecule is C=CS(=O)(=O)N(Cc1ccc(OC)cc1)Cc1ccc(OC)cc1.CC1CC(C)N1.COc1ccc(CN(Cc2ccc(OC)cc2)S(=O)(=O)CCN2C(C)CC2C)cc1. The van der Waals surface area contributed by atoms with Gasteiger partial charge in [0.25, 0.3) is 0 Å². The summed E-state index contributed by atoms with van der Waals surface area (Å²) in [5.74, 6) is 3.08. The van der Waals surface area contributed by atoms with Crippen molar-refractivity contribution in [2.24, 2.45) is 0 Å². The highest BCUT2D eigenvalue weighted by Gasteiger charge is 2.33. The Hall–Kier alpha value is -4.44. The molecular formula is C46H64N4O8S2. The molecule has 2 aliphatic heterocycles. The number of methoxy groups -OCH3 is 4. The Morgan fingerprint density at radius 2 is 0.867 bits per heavy atom. The van der Waals surface area contributed by atoms with Crippen LogP contribution in [-0.4, -0.2) is 95.3 Å². The standard InChI is InChI=1S/C23H32N2O4S.C18H21NO4S.C5H11N/c1-18-15-19(2)25(18)13-14-30(26,27)24(16-20-5-9-22(28-3)10-6-20)17-21-7-11-23(29-4)12-8-21;1-4-24(20,21)19(13-15-5-9-17(22-2)10-6-15)14-16-7-11-18(23-3)12-8-16;1-4-3-5(2)6-4/h5-12,18-19H,13-17H2,1-4H3;4-12H,1,13-14H2,2-3H3;4-6H,3H2,1-2H3. The zero-order chi connectivity index (χ0) is 43.9. The molecule has 2 aliphatic rings. The minimum Gasteiger partial charge on any atom is -0.497 e. The van der Waals surface area contributed by atoms with Gasteiger partial charge in [0.2, 0.25) is 20.0 Å². The summed E-state index contributed by atoms with van der Waals surface area (Å²) in [5.41, 5.74) is 3.60. The summed E-state index contributed by atoms with van der Waals surface area (Å²) in [6.45, 7) is 13.9. The second kappa shape index (κ2) is 23.0. The van der Waals surface area contributed by atoms with Crippen LogP contribution in [0.1, 0.15) is 62.8 Å². The number of nitrogens with one attached hydrogen (secondary N) is 1. The molecule has 14 heteroatoms. The molecule has 12 nitrogen and oxygen atoms in total. The van der Waals surface area contributed by atoms with Gasteiger partial charge < -0.3 is 24.3 Å². The highest BCUT2D eigenvalue weighted by molar-refractivity contribution is 7.92. The van der Waals surface area contributed by atoms with E-state index in [4.69, 9.17) is 18.9 Å². The fraction of sp³-hybridized carbons (Fsp3) is 0.435. The van der Waals surface area contributed by atoms with E-state index in [1.165, 1.54) is 10.7 Å². The minimum atomic E-state index is -3.55. The molecule has 2 saturated heterocycles. The van der Waals surface area contributed by atoms with Crippen molar-refractivity contribution in [3.8, 4) is 23.0 Å². The van der Waals surface area contributed by atoms with E-state index < -0.39 is 20.0 Å². The second-order valence-electron chi connectivity index (χ2n) is 15.3. The van der Waals surface area contributed by atoms with E-state index in [1.54, 1.807) is 57.0 Å². The summed E-state index contributed by atoms with van der Waals surface area (Å²) in [5, 5.41) is 4.28. The molecule has 0 saturated carbocycles. The van der Waals surface area contributed by atoms with Gasteiger partial charge in [0.15, 0.2) is 0 Å². The number of ether oxygens (including phenoxy) is 4. The fourth-order valence-corrected chi connectivity index (χ4v) is 9.44. The molecule has 0 bridgehead atoms. The Balaban J connectivity index is 0.000000236. The largest absolute Gasteiger partial charge is 0.497 e. The van der Waals surface area contributed by atoms with Crippen LogP contribution in [0.2, 0.25) is 0 Å². The number of rotatable bonds is 18. The maximum absolute atomic E-state index is 13.3. The van der Waals surface area contributed by atoms with Crippen molar-refractivity contribution < 1.29 is 35.8 Å². The van der Waals surface area contributed by atoms with Gasteiger partial charge in [-0.2, -0.15) is 8.61 Å². The summed E-state index contributed by atoms with van der Waals surface area (Å²) >= 11 is 0. The number of likely N-dealkylation sites (tertiary alicyclic amines) is 1. The number of sulfonamides is 2. The highest BCUT2D eigenvalue weighted by Crippen LogP contribution is 2.26. The first kappa shape index (κ1) is 48.2. The van der Waals surface area contributed by atoms with Crippen LogP contribution in [0.5, 0.6) is 23.0 Å². The average Bonchev–Trinajstić information content (AvgIpc) is 3.24. The van der Waals surface area contributed by atoms with Gasteiger partial charge in [0, 0.05) is 62.3 Å². The molecule has 4 aromatic carbocycles. The van der Waals surface area contributed by atoms with Crippen molar-refractivity contribution in [2.75, 3.05) is 40.7 Å². The quantitative estimate of drug-likeness (QED) is 0.108. The molecule has 328 valence electrons. The lowest BCUT2D eigenvalue weighted by Gasteiger charge is -2.45. The molecule has 4 atom stereocenters. The summed E-state index contributed by atoms with van der Waals surface area (Å²) in [6.07, 6.45) is 2.49. The molecule has 0 aliphatic carbocycles. The molecule has 0 radical (unpaired) electrons. The lowest BCUT2D eigenvalue weighted by atomic mass is 9.96. The molecule has 0 amide bonds. The molecule has 0 spiro atoms. The number of nitrogens with zero attached hydrogens (tertiary/aromatic N) is 3. The predicted molar refractivity (Wildman–Crippen MR) is 240 cm³/mol. The molecule has 2 fully saturated rings. The zero-order valence-electron chi connectivity index (χ0n) is 36.4. The van der Waals surface area contributed by atoms with E-state index in [0.29, 0.717) is 31.7 Å². The third-order valence-corrected chi connectivity index (χ3v) is 13.9. The first-order valence-corrected chi connectivity index (χ1v) is 23.3. The van der Waals surface area contributed by atoms with Crippen molar-refractivity contribution >= 4 is 20.0 Å². The van der Waals surface area contributed by atoms with E-state index in [0.717, 1.165) is 69.2 Å². The van der Waals surface area contributed by atoms with E-state index >= 15 is 0 Å². The van der Waals surface area contributed by atoms with Crippen LogP contribution in [0.15, 0.2) is 109 Å². The third kappa shape index (κ3) is 14.6. The smallest absolute Gasteiger partial charge is 0.236 e. The van der Waals surface area contributed by atoms with Crippen molar-refractivity contribution in [2.45, 2.75) is 90.9 Å². The van der Waals surface area contributed by atoms with Crippen molar-refractivity contribution in [3.05, 3.63) is 131 Å². The van der Waals surface area contributed by atoms with Gasteiger partial charge in [-0.3, -0.25) is 4.90 Å². The summed E-state index contributed by atoms with van der Waals surface area (Å²) in [4.78, 5) is 2.26. The molecule has 2 heterocycles. The number of hydrogen-bond donors (Lipinski definition) is 1. The first-order chi connectivity index (χ1) is 28.6. The second-order valence-corrected chi connectivity index (χ2v) is 19.3. The Bertz CT molecular complexity index is 2000.